The van der Waals surface area contributed by atoms with Crippen LogP contribution in [-0.4, -0.2) is 50.7 Å². The lowest BCUT2D eigenvalue weighted by atomic mass is 10.3. The number of methoxy groups -OCH3 is 2. The minimum Gasteiger partial charge on any atom is -0.382 e. The van der Waals surface area contributed by atoms with Crippen LogP contribution in [0.15, 0.2) is 12.1 Å². The zero-order valence-corrected chi connectivity index (χ0v) is 10.6. The minimum atomic E-state index is 0.0128. The van der Waals surface area contributed by atoms with Crippen LogP contribution in [-0.2, 0) is 16.0 Å². The zero-order chi connectivity index (χ0) is 12.5. The van der Waals surface area contributed by atoms with Gasteiger partial charge in [-0.2, -0.15) is 5.10 Å². The lowest BCUT2D eigenvalue weighted by Crippen LogP contribution is -2.27. The number of anilines is 1. The van der Waals surface area contributed by atoms with E-state index >= 15 is 0 Å². The first-order valence-electron chi connectivity index (χ1n) is 5.53. The Balaban J connectivity index is 2.40. The van der Waals surface area contributed by atoms with Crippen molar-refractivity contribution in [2.45, 2.75) is 12.6 Å². The van der Waals surface area contributed by atoms with E-state index in [1.165, 1.54) is 0 Å². The van der Waals surface area contributed by atoms with Gasteiger partial charge in [0.25, 0.3) is 0 Å². The Labute approximate surface area is 102 Å². The number of nitrogens with one attached hydrogen (secondary N) is 2. The molecule has 0 radical (unpaired) electrons. The van der Waals surface area contributed by atoms with Crippen molar-refractivity contribution in [3.63, 3.8) is 0 Å². The maximum atomic E-state index is 5.23. The van der Waals surface area contributed by atoms with Gasteiger partial charge >= 0.3 is 0 Å². The van der Waals surface area contributed by atoms with Crippen molar-refractivity contribution < 1.29 is 9.47 Å². The molecule has 1 aromatic heterocycles. The summed E-state index contributed by atoms with van der Waals surface area (Å²) in [5.74, 6) is 0.739. The van der Waals surface area contributed by atoms with Crippen molar-refractivity contribution in [2.24, 2.45) is 0 Å². The molecule has 0 aromatic carbocycles. The fourth-order valence-electron chi connectivity index (χ4n) is 1.34. The van der Waals surface area contributed by atoms with Crippen molar-refractivity contribution in [3.05, 3.63) is 17.8 Å². The number of hydrogen-bond acceptors (Lipinski definition) is 6. The zero-order valence-electron chi connectivity index (χ0n) is 10.6. The van der Waals surface area contributed by atoms with E-state index in [4.69, 9.17) is 9.47 Å². The summed E-state index contributed by atoms with van der Waals surface area (Å²) in [4.78, 5) is 0. The van der Waals surface area contributed by atoms with Crippen LogP contribution in [0.1, 0.15) is 5.69 Å². The molecule has 17 heavy (non-hydrogen) atoms. The number of ether oxygens (including phenoxy) is 2. The second kappa shape index (κ2) is 7.94. The molecule has 1 atom stereocenters. The quantitative estimate of drug-likeness (QED) is 0.680. The predicted octanol–water partition coefficient (Wildman–Crippen LogP) is 0.269. The van der Waals surface area contributed by atoms with E-state index in [2.05, 4.69) is 20.8 Å². The summed E-state index contributed by atoms with van der Waals surface area (Å²) in [7, 11) is 5.19. The Bertz CT molecular complexity index is 305. The van der Waals surface area contributed by atoms with Crippen molar-refractivity contribution in [1.82, 2.24) is 15.5 Å². The molecule has 2 N–H and O–H groups in total. The van der Waals surface area contributed by atoms with Gasteiger partial charge in [-0.25, -0.2) is 0 Å². The Kier molecular flexibility index (Phi) is 6.46. The molecule has 1 heterocycles. The molecule has 0 amide bonds. The highest BCUT2D eigenvalue weighted by Crippen LogP contribution is 2.02. The van der Waals surface area contributed by atoms with Crippen LogP contribution < -0.4 is 10.6 Å². The maximum absolute atomic E-state index is 5.23. The van der Waals surface area contributed by atoms with Crippen LogP contribution in [0.4, 0.5) is 5.82 Å². The standard InChI is InChI=1S/C11H20N4O2/c1-12-6-9-4-5-11(15-14-9)13-7-10(17-3)8-16-2/h4-5,10,12H,6-8H2,1-3H3,(H,13,15). The van der Waals surface area contributed by atoms with Gasteiger partial charge in [0.05, 0.1) is 18.4 Å². The molecule has 6 heteroatoms. The monoisotopic (exact) mass is 240 g/mol. The van der Waals surface area contributed by atoms with Crippen LogP contribution in [0.2, 0.25) is 0 Å². The third-order valence-corrected chi connectivity index (χ3v) is 2.27. The molecule has 0 saturated heterocycles. The van der Waals surface area contributed by atoms with Crippen molar-refractivity contribution in [2.75, 3.05) is 39.7 Å². The molecule has 96 valence electrons. The van der Waals surface area contributed by atoms with Crippen LogP contribution in [0, 0.1) is 0 Å². The highest BCUT2D eigenvalue weighted by Gasteiger charge is 2.06. The van der Waals surface area contributed by atoms with Crippen LogP contribution in [0.5, 0.6) is 0 Å². The van der Waals surface area contributed by atoms with E-state index in [1.54, 1.807) is 14.2 Å². The molecule has 0 spiro atoms. The highest BCUT2D eigenvalue weighted by atomic mass is 16.5. The molecule has 1 aromatic rings. The molecular formula is C11H20N4O2. The summed E-state index contributed by atoms with van der Waals surface area (Å²) >= 11 is 0. The lowest BCUT2D eigenvalue weighted by Gasteiger charge is -2.15. The SMILES string of the molecule is CNCc1ccc(NCC(COC)OC)nn1. The van der Waals surface area contributed by atoms with Gasteiger partial charge in [-0.15, -0.1) is 5.10 Å². The molecule has 0 bridgehead atoms. The molecule has 0 aliphatic carbocycles. The third-order valence-electron chi connectivity index (χ3n) is 2.27. The Morgan fingerprint density at radius 1 is 1.29 bits per heavy atom. The topological polar surface area (TPSA) is 68.3 Å². The van der Waals surface area contributed by atoms with Gasteiger partial charge in [0.1, 0.15) is 5.82 Å². The number of aromatic nitrogens is 2. The number of rotatable bonds is 8. The van der Waals surface area contributed by atoms with E-state index in [0.717, 1.165) is 18.1 Å². The summed E-state index contributed by atoms with van der Waals surface area (Å²) in [6.07, 6.45) is 0.0128. The number of hydrogen-bond donors (Lipinski definition) is 2. The normalized spacial score (nSPS) is 12.4. The van der Waals surface area contributed by atoms with Crippen LogP contribution in [0.3, 0.4) is 0 Å². The highest BCUT2D eigenvalue weighted by molar-refractivity contribution is 5.32. The molecule has 6 nitrogen and oxygen atoms in total. The second-order valence-electron chi connectivity index (χ2n) is 3.63. The average Bonchev–Trinajstić information content (AvgIpc) is 2.36. The second-order valence-corrected chi connectivity index (χ2v) is 3.63. The van der Waals surface area contributed by atoms with Gasteiger partial charge in [0.2, 0.25) is 0 Å². The van der Waals surface area contributed by atoms with E-state index in [0.29, 0.717) is 13.2 Å². The van der Waals surface area contributed by atoms with Gasteiger partial charge in [0.15, 0.2) is 0 Å². The van der Waals surface area contributed by atoms with Gasteiger partial charge in [0, 0.05) is 27.3 Å². The first-order chi connectivity index (χ1) is 8.30. The van der Waals surface area contributed by atoms with E-state index in [-0.39, 0.29) is 6.10 Å². The summed E-state index contributed by atoms with van der Waals surface area (Å²) in [6.45, 7) is 1.91. The maximum Gasteiger partial charge on any atom is 0.148 e. The van der Waals surface area contributed by atoms with Gasteiger partial charge < -0.3 is 20.1 Å². The summed E-state index contributed by atoms with van der Waals surface area (Å²) < 4.78 is 10.3. The largest absolute Gasteiger partial charge is 0.382 e. The van der Waals surface area contributed by atoms with Crippen LogP contribution in [0.25, 0.3) is 0 Å². The molecule has 0 aliphatic rings. The summed E-state index contributed by atoms with van der Waals surface area (Å²) in [5.41, 5.74) is 0.915. The van der Waals surface area contributed by atoms with Gasteiger partial charge in [-0.05, 0) is 19.2 Å². The first kappa shape index (κ1) is 13.8. The van der Waals surface area contributed by atoms with Gasteiger partial charge in [-0.3, -0.25) is 0 Å². The van der Waals surface area contributed by atoms with Crippen LogP contribution >= 0.6 is 0 Å². The average molecular weight is 240 g/mol. The van der Waals surface area contributed by atoms with E-state index in [1.807, 2.05) is 19.2 Å². The molecule has 0 saturated carbocycles. The third kappa shape index (κ3) is 5.08. The molecular weight excluding hydrogens is 220 g/mol. The fourth-order valence-corrected chi connectivity index (χ4v) is 1.34. The van der Waals surface area contributed by atoms with E-state index in [9.17, 15) is 0 Å². The molecule has 1 unspecified atom stereocenters. The Hall–Kier alpha value is -1.24. The summed E-state index contributed by atoms with van der Waals surface area (Å²) in [5, 5.41) is 14.3. The van der Waals surface area contributed by atoms with Gasteiger partial charge in [-0.1, -0.05) is 0 Å². The van der Waals surface area contributed by atoms with Crippen molar-refractivity contribution >= 4 is 5.82 Å². The van der Waals surface area contributed by atoms with Crippen molar-refractivity contribution in [3.8, 4) is 0 Å². The summed E-state index contributed by atoms with van der Waals surface area (Å²) in [6, 6.07) is 3.84. The van der Waals surface area contributed by atoms with Crippen molar-refractivity contribution in [1.29, 1.82) is 0 Å². The molecule has 0 fully saturated rings. The minimum absolute atomic E-state index is 0.0128. The first-order valence-corrected chi connectivity index (χ1v) is 5.53. The molecule has 0 aliphatic heterocycles. The van der Waals surface area contributed by atoms with E-state index < -0.39 is 0 Å². The lowest BCUT2D eigenvalue weighted by molar-refractivity contribution is 0.0365. The Morgan fingerprint density at radius 3 is 2.65 bits per heavy atom. The number of nitrogens with zero attached hydrogens (tertiary/aromatic N) is 2. The molecule has 1 rings (SSSR count). The predicted molar refractivity (Wildman–Crippen MR) is 66.0 cm³/mol. The smallest absolute Gasteiger partial charge is 0.148 e. The fraction of sp³-hybridized carbons (Fsp3) is 0.636. The Morgan fingerprint density at radius 2 is 2.12 bits per heavy atom.